The molecular weight excluding hydrogens is 128 g/mol. The van der Waals surface area contributed by atoms with Gasteiger partial charge in [-0.25, -0.2) is 0 Å². The first-order valence-electron chi connectivity index (χ1n) is 3.64. The van der Waals surface area contributed by atoms with E-state index in [0.717, 1.165) is 19.4 Å². The van der Waals surface area contributed by atoms with Crippen molar-refractivity contribution in [2.75, 3.05) is 6.54 Å². The van der Waals surface area contributed by atoms with Crippen molar-refractivity contribution in [3.05, 3.63) is 10.4 Å². The maximum absolute atomic E-state index is 8.12. The third-order valence-corrected chi connectivity index (χ3v) is 1.91. The molecular formula is C6H12N4. The van der Waals surface area contributed by atoms with Crippen molar-refractivity contribution < 1.29 is 0 Å². The second-order valence-corrected chi connectivity index (χ2v) is 2.61. The molecule has 0 amide bonds. The Morgan fingerprint density at radius 1 is 1.80 bits per heavy atom. The van der Waals surface area contributed by atoms with Crippen LogP contribution in [-0.2, 0) is 0 Å². The standard InChI is InChI=1S/C6H12N4/c1-2-5-3-6(4-8-5)9-10-7/h5-6,8H,2-4H2,1H3. The summed E-state index contributed by atoms with van der Waals surface area (Å²) in [4.78, 5) is 2.77. The van der Waals surface area contributed by atoms with Gasteiger partial charge in [-0.3, -0.25) is 0 Å². The monoisotopic (exact) mass is 140 g/mol. The molecule has 1 rings (SSSR count). The molecule has 0 aromatic heterocycles. The molecule has 1 fully saturated rings. The lowest BCUT2D eigenvalue weighted by Gasteiger charge is -2.02. The summed E-state index contributed by atoms with van der Waals surface area (Å²) in [6.07, 6.45) is 2.12. The van der Waals surface area contributed by atoms with Gasteiger partial charge >= 0.3 is 0 Å². The van der Waals surface area contributed by atoms with E-state index in [1.54, 1.807) is 0 Å². The summed E-state index contributed by atoms with van der Waals surface area (Å²) in [7, 11) is 0. The summed E-state index contributed by atoms with van der Waals surface area (Å²) in [5.74, 6) is 0. The largest absolute Gasteiger partial charge is 0.314 e. The van der Waals surface area contributed by atoms with Crippen LogP contribution >= 0.6 is 0 Å². The average molecular weight is 140 g/mol. The van der Waals surface area contributed by atoms with Crippen molar-refractivity contribution in [2.24, 2.45) is 5.11 Å². The second kappa shape index (κ2) is 3.44. The zero-order valence-electron chi connectivity index (χ0n) is 6.12. The topological polar surface area (TPSA) is 60.8 Å². The van der Waals surface area contributed by atoms with Crippen LogP contribution in [-0.4, -0.2) is 18.6 Å². The minimum atomic E-state index is 0.190. The van der Waals surface area contributed by atoms with E-state index in [4.69, 9.17) is 5.53 Å². The van der Waals surface area contributed by atoms with Crippen LogP contribution in [0.2, 0.25) is 0 Å². The second-order valence-electron chi connectivity index (χ2n) is 2.61. The average Bonchev–Trinajstić information content (AvgIpc) is 2.37. The molecule has 1 heterocycles. The predicted octanol–water partition coefficient (Wildman–Crippen LogP) is 1.44. The van der Waals surface area contributed by atoms with Crippen molar-refractivity contribution in [2.45, 2.75) is 31.8 Å². The van der Waals surface area contributed by atoms with Crippen LogP contribution in [0, 0.1) is 0 Å². The summed E-state index contributed by atoms with van der Waals surface area (Å²) in [6, 6.07) is 0.755. The van der Waals surface area contributed by atoms with Crippen LogP contribution in [0.5, 0.6) is 0 Å². The minimum Gasteiger partial charge on any atom is -0.314 e. The van der Waals surface area contributed by atoms with Gasteiger partial charge in [0.25, 0.3) is 0 Å². The third-order valence-electron chi connectivity index (χ3n) is 1.91. The van der Waals surface area contributed by atoms with E-state index in [9.17, 15) is 0 Å². The lowest BCUT2D eigenvalue weighted by Crippen LogP contribution is -2.19. The first kappa shape index (κ1) is 7.38. The molecule has 0 bridgehead atoms. The molecule has 0 aromatic rings. The van der Waals surface area contributed by atoms with Crippen LogP contribution in [0.3, 0.4) is 0 Å². The van der Waals surface area contributed by atoms with Gasteiger partial charge in [0.1, 0.15) is 0 Å². The number of hydrogen-bond acceptors (Lipinski definition) is 2. The summed E-state index contributed by atoms with van der Waals surface area (Å²) >= 11 is 0. The molecule has 1 saturated heterocycles. The zero-order chi connectivity index (χ0) is 7.40. The number of azide groups is 1. The molecule has 2 unspecified atom stereocenters. The summed E-state index contributed by atoms with van der Waals surface area (Å²) < 4.78 is 0. The van der Waals surface area contributed by atoms with Crippen LogP contribution in [0.25, 0.3) is 10.4 Å². The molecule has 1 aliphatic rings. The maximum atomic E-state index is 8.12. The van der Waals surface area contributed by atoms with Gasteiger partial charge in [0.05, 0.1) is 6.04 Å². The van der Waals surface area contributed by atoms with Crippen LogP contribution < -0.4 is 5.32 Å². The molecule has 56 valence electrons. The molecule has 1 aliphatic heterocycles. The lowest BCUT2D eigenvalue weighted by molar-refractivity contribution is 0.581. The molecule has 10 heavy (non-hydrogen) atoms. The van der Waals surface area contributed by atoms with E-state index in [1.165, 1.54) is 0 Å². The molecule has 0 spiro atoms. The molecule has 4 nitrogen and oxygen atoms in total. The van der Waals surface area contributed by atoms with E-state index in [-0.39, 0.29) is 6.04 Å². The molecule has 0 radical (unpaired) electrons. The van der Waals surface area contributed by atoms with E-state index in [1.807, 2.05) is 0 Å². The Hall–Kier alpha value is -0.730. The van der Waals surface area contributed by atoms with Crippen molar-refractivity contribution >= 4 is 0 Å². The van der Waals surface area contributed by atoms with Crippen LogP contribution in [0.4, 0.5) is 0 Å². The smallest absolute Gasteiger partial charge is 0.0513 e. The van der Waals surface area contributed by atoms with Crippen molar-refractivity contribution in [1.29, 1.82) is 0 Å². The van der Waals surface area contributed by atoms with E-state index in [0.29, 0.717) is 6.04 Å². The summed E-state index contributed by atoms with van der Waals surface area (Å²) in [5, 5.41) is 6.92. The molecule has 1 N–H and O–H groups in total. The highest BCUT2D eigenvalue weighted by Gasteiger charge is 2.20. The van der Waals surface area contributed by atoms with Crippen LogP contribution in [0.1, 0.15) is 19.8 Å². The van der Waals surface area contributed by atoms with Crippen molar-refractivity contribution in [1.82, 2.24) is 5.32 Å². The normalized spacial score (nSPS) is 31.7. The summed E-state index contributed by atoms with van der Waals surface area (Å²) in [5.41, 5.74) is 8.12. The highest BCUT2D eigenvalue weighted by Crippen LogP contribution is 2.12. The molecule has 0 saturated carbocycles. The van der Waals surface area contributed by atoms with Gasteiger partial charge in [-0.05, 0) is 18.4 Å². The highest BCUT2D eigenvalue weighted by atomic mass is 15.2. The maximum Gasteiger partial charge on any atom is 0.0513 e. The van der Waals surface area contributed by atoms with E-state index < -0.39 is 0 Å². The molecule has 2 atom stereocenters. The first-order chi connectivity index (χ1) is 4.86. The minimum absolute atomic E-state index is 0.190. The first-order valence-corrected chi connectivity index (χ1v) is 3.64. The summed E-state index contributed by atoms with van der Waals surface area (Å²) in [6.45, 7) is 2.98. The number of nitrogens with one attached hydrogen (secondary N) is 1. The fourth-order valence-electron chi connectivity index (χ4n) is 1.27. The van der Waals surface area contributed by atoms with Gasteiger partial charge in [-0.2, -0.15) is 0 Å². The Morgan fingerprint density at radius 2 is 2.60 bits per heavy atom. The quantitative estimate of drug-likeness (QED) is 0.352. The highest BCUT2D eigenvalue weighted by molar-refractivity contribution is 4.85. The Labute approximate surface area is 60.2 Å². The Balaban J connectivity index is 2.35. The Kier molecular flexibility index (Phi) is 2.54. The number of hydrogen-bond donors (Lipinski definition) is 1. The Morgan fingerprint density at radius 3 is 3.10 bits per heavy atom. The van der Waals surface area contributed by atoms with Gasteiger partial charge in [0, 0.05) is 17.5 Å². The van der Waals surface area contributed by atoms with E-state index >= 15 is 0 Å². The number of rotatable bonds is 2. The van der Waals surface area contributed by atoms with Gasteiger partial charge in [-0.1, -0.05) is 12.0 Å². The van der Waals surface area contributed by atoms with Crippen LogP contribution in [0.15, 0.2) is 5.11 Å². The van der Waals surface area contributed by atoms with Gasteiger partial charge in [0.15, 0.2) is 0 Å². The van der Waals surface area contributed by atoms with Gasteiger partial charge < -0.3 is 5.32 Å². The van der Waals surface area contributed by atoms with Gasteiger partial charge in [-0.15, -0.1) is 0 Å². The van der Waals surface area contributed by atoms with Crippen molar-refractivity contribution in [3.63, 3.8) is 0 Å². The number of nitrogens with zero attached hydrogens (tertiary/aromatic N) is 3. The molecule has 0 aromatic carbocycles. The van der Waals surface area contributed by atoms with E-state index in [2.05, 4.69) is 22.3 Å². The molecule has 4 heteroatoms. The van der Waals surface area contributed by atoms with Gasteiger partial charge in [0.2, 0.25) is 0 Å². The van der Waals surface area contributed by atoms with Crippen molar-refractivity contribution in [3.8, 4) is 0 Å². The lowest BCUT2D eigenvalue weighted by atomic mass is 10.1. The third kappa shape index (κ3) is 1.62. The predicted molar refractivity (Wildman–Crippen MR) is 39.6 cm³/mol. The zero-order valence-corrected chi connectivity index (χ0v) is 6.12. The fraction of sp³-hybridized carbons (Fsp3) is 1.00. The fourth-order valence-corrected chi connectivity index (χ4v) is 1.27. The molecule has 0 aliphatic carbocycles. The SMILES string of the molecule is CCC1CC(N=[N+]=[N-])CN1. The Bertz CT molecular complexity index is 150.